The number of hydrogen-bond acceptors (Lipinski definition) is 9. The van der Waals surface area contributed by atoms with Crippen molar-refractivity contribution in [1.82, 2.24) is 5.01 Å². The van der Waals surface area contributed by atoms with Gasteiger partial charge in [-0.2, -0.15) is 5.10 Å². The lowest BCUT2D eigenvalue weighted by Gasteiger charge is -2.44. The lowest BCUT2D eigenvalue weighted by atomic mass is 9.65. The van der Waals surface area contributed by atoms with Gasteiger partial charge in [0.2, 0.25) is 5.41 Å². The zero-order chi connectivity index (χ0) is 24.4. The van der Waals surface area contributed by atoms with Gasteiger partial charge in [-0.15, -0.1) is 0 Å². The van der Waals surface area contributed by atoms with E-state index in [1.54, 1.807) is 30.5 Å². The number of carbonyl (C=O) groups excluding carboxylic acids is 3. The number of carbonyl (C=O) groups is 3. The summed E-state index contributed by atoms with van der Waals surface area (Å²) in [4.78, 5) is 51.3. The Bertz CT molecular complexity index is 1250. The smallest absolute Gasteiger partial charge is 0.330 e. The molecule has 0 aromatic heterocycles. The molecule has 0 N–H and O–H groups in total. The highest BCUT2D eigenvalue weighted by Crippen LogP contribution is 2.62. The van der Waals surface area contributed by atoms with Crippen LogP contribution in [0.15, 0.2) is 53.6 Å². The first-order chi connectivity index (χ1) is 16.1. The maximum Gasteiger partial charge on any atom is 0.330 e. The minimum absolute atomic E-state index is 0.161. The molecule has 10 heteroatoms. The molecule has 2 fully saturated rings. The normalized spacial score (nSPS) is 25.9. The number of hydrazone groups is 1. The summed E-state index contributed by atoms with van der Waals surface area (Å²) in [5, 5.41) is 17.1. The molecule has 10 nitrogen and oxygen atoms in total. The second-order valence-corrected chi connectivity index (χ2v) is 9.09. The van der Waals surface area contributed by atoms with Crippen LogP contribution in [0.5, 0.6) is 0 Å². The van der Waals surface area contributed by atoms with Crippen molar-refractivity contribution in [2.45, 2.75) is 44.6 Å². The van der Waals surface area contributed by atoms with Crippen LogP contribution in [0, 0.1) is 15.5 Å². The van der Waals surface area contributed by atoms with Gasteiger partial charge in [-0.3, -0.25) is 29.5 Å². The van der Waals surface area contributed by atoms with Crippen molar-refractivity contribution >= 4 is 29.6 Å². The summed E-state index contributed by atoms with van der Waals surface area (Å²) in [5.74, 6) is -4.54. The number of rotatable bonds is 3. The number of ketones is 1. The lowest BCUT2D eigenvalue weighted by Crippen LogP contribution is -2.58. The van der Waals surface area contributed by atoms with Crippen LogP contribution >= 0.6 is 0 Å². The molecule has 0 amide bonds. The van der Waals surface area contributed by atoms with Crippen LogP contribution in [0.25, 0.3) is 0 Å². The Hall–Kier alpha value is -4.08. The van der Waals surface area contributed by atoms with Gasteiger partial charge in [-0.1, -0.05) is 36.4 Å². The van der Waals surface area contributed by atoms with E-state index in [9.17, 15) is 24.5 Å². The molecule has 1 spiro atoms. The fourth-order valence-electron chi connectivity index (χ4n) is 5.34. The minimum Gasteiger partial charge on any atom is -0.422 e. The summed E-state index contributed by atoms with van der Waals surface area (Å²) < 4.78 is 11.2. The monoisotopic (exact) mass is 463 g/mol. The zero-order valence-electron chi connectivity index (χ0n) is 18.6. The van der Waals surface area contributed by atoms with Crippen LogP contribution in [0.2, 0.25) is 0 Å². The second kappa shape index (κ2) is 7.21. The molecule has 2 aromatic rings. The SMILES string of the molecule is CC(=O)C1C(c2ccc([N+](=O)[O-])cc2)C2(C(=O)OC(C)(C)OC2=O)C2c3ccccc3C=NN12. The Morgan fingerprint density at radius 1 is 1.06 bits per heavy atom. The third-order valence-corrected chi connectivity index (χ3v) is 6.64. The third-order valence-electron chi connectivity index (χ3n) is 6.64. The van der Waals surface area contributed by atoms with E-state index in [0.29, 0.717) is 16.7 Å². The number of esters is 2. The molecule has 3 aliphatic rings. The Labute approximate surface area is 194 Å². The molecule has 174 valence electrons. The van der Waals surface area contributed by atoms with Gasteiger partial charge in [0, 0.05) is 31.9 Å². The van der Waals surface area contributed by atoms with Crippen molar-refractivity contribution in [2.24, 2.45) is 10.5 Å². The van der Waals surface area contributed by atoms with E-state index < -0.39 is 46.1 Å². The van der Waals surface area contributed by atoms with Crippen molar-refractivity contribution in [1.29, 1.82) is 0 Å². The molecule has 34 heavy (non-hydrogen) atoms. The van der Waals surface area contributed by atoms with Crippen molar-refractivity contribution in [3.05, 3.63) is 75.3 Å². The summed E-state index contributed by atoms with van der Waals surface area (Å²) in [5.41, 5.74) is -0.412. The first-order valence-electron chi connectivity index (χ1n) is 10.7. The average molecular weight is 463 g/mol. The number of ether oxygens (including phenoxy) is 2. The number of benzene rings is 2. The second-order valence-electron chi connectivity index (χ2n) is 9.09. The lowest BCUT2D eigenvalue weighted by molar-refractivity contribution is -0.384. The van der Waals surface area contributed by atoms with E-state index >= 15 is 0 Å². The number of nitro benzene ring substituents is 1. The predicted octanol–water partition coefficient (Wildman–Crippen LogP) is 2.86. The summed E-state index contributed by atoms with van der Waals surface area (Å²) in [6.07, 6.45) is 1.58. The van der Waals surface area contributed by atoms with Crippen LogP contribution in [0.4, 0.5) is 5.69 Å². The quantitative estimate of drug-likeness (QED) is 0.294. The topological polar surface area (TPSA) is 128 Å². The summed E-state index contributed by atoms with van der Waals surface area (Å²) in [7, 11) is 0. The van der Waals surface area contributed by atoms with Gasteiger partial charge >= 0.3 is 11.9 Å². The minimum atomic E-state index is -1.96. The van der Waals surface area contributed by atoms with Crippen molar-refractivity contribution in [3.63, 3.8) is 0 Å². The van der Waals surface area contributed by atoms with Gasteiger partial charge < -0.3 is 9.47 Å². The molecule has 3 atom stereocenters. The number of hydrogen-bond donors (Lipinski definition) is 0. The summed E-state index contributed by atoms with van der Waals surface area (Å²) >= 11 is 0. The standard InChI is InChI=1S/C24H21N3O7/c1-13(28)19-18(14-8-10-16(11-9-14)27(31)32)24(21(29)33-23(2,3)34-22(24)30)20-17-7-5-4-6-15(17)12-25-26(19)20/h4-12,18-20H,1-3H3. The van der Waals surface area contributed by atoms with Crippen LogP contribution in [-0.2, 0) is 23.9 Å². The van der Waals surface area contributed by atoms with Gasteiger partial charge in [0.05, 0.1) is 11.1 Å². The highest BCUT2D eigenvalue weighted by atomic mass is 16.7. The number of non-ortho nitro benzene ring substituents is 1. The molecule has 3 unspecified atom stereocenters. The van der Waals surface area contributed by atoms with Gasteiger partial charge in [0.15, 0.2) is 5.78 Å². The average Bonchev–Trinajstić information content (AvgIpc) is 3.10. The Morgan fingerprint density at radius 3 is 2.26 bits per heavy atom. The first kappa shape index (κ1) is 21.7. The fraction of sp³-hybridized carbons (Fsp3) is 0.333. The van der Waals surface area contributed by atoms with Crippen LogP contribution in [0.1, 0.15) is 49.4 Å². The summed E-state index contributed by atoms with van der Waals surface area (Å²) in [6, 6.07) is 10.6. The predicted molar refractivity (Wildman–Crippen MR) is 118 cm³/mol. The van der Waals surface area contributed by atoms with Crippen molar-refractivity contribution in [3.8, 4) is 0 Å². The molecular weight excluding hydrogens is 442 g/mol. The van der Waals surface area contributed by atoms with Crippen LogP contribution in [-0.4, -0.2) is 45.7 Å². The molecule has 0 aliphatic carbocycles. The summed E-state index contributed by atoms with van der Waals surface area (Å²) in [6.45, 7) is 4.27. The van der Waals surface area contributed by atoms with Crippen molar-refractivity contribution in [2.75, 3.05) is 0 Å². The molecule has 0 radical (unpaired) electrons. The number of fused-ring (bicyclic) bond motifs is 4. The van der Waals surface area contributed by atoms with Gasteiger partial charge in [-0.25, -0.2) is 0 Å². The van der Waals surface area contributed by atoms with E-state index in [4.69, 9.17) is 9.47 Å². The molecular formula is C24H21N3O7. The molecule has 0 saturated carbocycles. The van der Waals surface area contributed by atoms with Crippen LogP contribution < -0.4 is 0 Å². The van der Waals surface area contributed by atoms with Gasteiger partial charge in [-0.05, 0) is 23.6 Å². The number of cyclic esters (lactones) is 2. The Morgan fingerprint density at radius 2 is 1.68 bits per heavy atom. The van der Waals surface area contributed by atoms with Gasteiger partial charge in [0.25, 0.3) is 11.5 Å². The fourth-order valence-corrected chi connectivity index (χ4v) is 5.34. The van der Waals surface area contributed by atoms with Crippen molar-refractivity contribution < 1.29 is 28.8 Å². The first-order valence-corrected chi connectivity index (χ1v) is 10.7. The number of nitrogens with zero attached hydrogens (tertiary/aromatic N) is 3. The maximum absolute atomic E-state index is 13.8. The maximum atomic E-state index is 13.8. The number of Topliss-reactive ketones (excluding diaryl/α,β-unsaturated/α-hetero) is 1. The van der Waals surface area contributed by atoms with E-state index in [1.165, 1.54) is 50.0 Å². The van der Waals surface area contributed by atoms with Crippen LogP contribution in [0.3, 0.4) is 0 Å². The molecule has 0 bridgehead atoms. The largest absolute Gasteiger partial charge is 0.422 e. The highest BCUT2D eigenvalue weighted by Gasteiger charge is 2.74. The van der Waals surface area contributed by atoms with E-state index in [0.717, 1.165) is 0 Å². The highest BCUT2D eigenvalue weighted by molar-refractivity contribution is 6.07. The van der Waals surface area contributed by atoms with E-state index in [2.05, 4.69) is 5.10 Å². The molecule has 5 rings (SSSR count). The zero-order valence-corrected chi connectivity index (χ0v) is 18.6. The molecule has 2 aromatic carbocycles. The van der Waals surface area contributed by atoms with E-state index in [-0.39, 0.29) is 11.5 Å². The molecule has 2 saturated heterocycles. The third kappa shape index (κ3) is 2.87. The molecule has 3 aliphatic heterocycles. The van der Waals surface area contributed by atoms with E-state index in [1.807, 2.05) is 0 Å². The Balaban J connectivity index is 1.80. The Kier molecular flexibility index (Phi) is 4.61. The number of nitro groups is 1. The van der Waals surface area contributed by atoms with Gasteiger partial charge in [0.1, 0.15) is 12.1 Å². The molecule has 3 heterocycles.